The molecule has 3 aromatic heterocycles. The zero-order valence-corrected chi connectivity index (χ0v) is 15.8. The van der Waals surface area contributed by atoms with Crippen LogP contribution in [0.2, 0.25) is 10.0 Å². The third kappa shape index (κ3) is 3.56. The maximum absolute atomic E-state index is 6.26. The highest BCUT2D eigenvalue weighted by molar-refractivity contribution is 6.36. The molecule has 3 aromatic rings. The van der Waals surface area contributed by atoms with Crippen molar-refractivity contribution in [2.45, 2.75) is 6.54 Å². The standard InChI is InChI=1S/C17H18Cl2N6O/c1-26-15-3-2-13-16(23-15)22-14(21-13)10-24-4-6-25(7-5-24)17-12(19)8-11(18)9-20-17/h2-3,8-9H,4-7,10H2,1H3,(H,21,22,23). The Hall–Kier alpha value is -2.09. The van der Waals surface area contributed by atoms with Crippen molar-refractivity contribution in [2.24, 2.45) is 0 Å². The quantitative estimate of drug-likeness (QED) is 0.735. The van der Waals surface area contributed by atoms with E-state index in [-0.39, 0.29) is 0 Å². The van der Waals surface area contributed by atoms with Gasteiger partial charge >= 0.3 is 0 Å². The summed E-state index contributed by atoms with van der Waals surface area (Å²) >= 11 is 12.2. The molecule has 1 N–H and O–H groups in total. The van der Waals surface area contributed by atoms with Gasteiger partial charge in [0.2, 0.25) is 5.88 Å². The van der Waals surface area contributed by atoms with Crippen molar-refractivity contribution in [3.63, 3.8) is 0 Å². The van der Waals surface area contributed by atoms with Gasteiger partial charge in [0.1, 0.15) is 11.6 Å². The number of H-pyrrole nitrogens is 1. The maximum Gasteiger partial charge on any atom is 0.215 e. The summed E-state index contributed by atoms with van der Waals surface area (Å²) in [6.07, 6.45) is 1.63. The molecule has 136 valence electrons. The number of fused-ring (bicyclic) bond motifs is 1. The molecule has 1 aliphatic rings. The zero-order valence-electron chi connectivity index (χ0n) is 14.2. The first-order valence-corrected chi connectivity index (χ1v) is 9.06. The van der Waals surface area contributed by atoms with E-state index in [0.29, 0.717) is 21.6 Å². The van der Waals surface area contributed by atoms with Crippen molar-refractivity contribution in [1.29, 1.82) is 0 Å². The molecule has 1 saturated heterocycles. The fraction of sp³-hybridized carbons (Fsp3) is 0.353. The zero-order chi connectivity index (χ0) is 18.1. The second kappa shape index (κ2) is 7.26. The van der Waals surface area contributed by atoms with E-state index in [0.717, 1.165) is 49.9 Å². The molecule has 0 spiro atoms. The van der Waals surface area contributed by atoms with Gasteiger partial charge < -0.3 is 14.6 Å². The number of imidazole rings is 1. The van der Waals surface area contributed by atoms with E-state index < -0.39 is 0 Å². The Labute approximate surface area is 160 Å². The first kappa shape index (κ1) is 17.3. The summed E-state index contributed by atoms with van der Waals surface area (Å²) in [4.78, 5) is 21.1. The Morgan fingerprint density at radius 3 is 2.69 bits per heavy atom. The monoisotopic (exact) mass is 392 g/mol. The number of nitrogens with zero attached hydrogens (tertiary/aromatic N) is 5. The van der Waals surface area contributed by atoms with E-state index in [4.69, 9.17) is 27.9 Å². The minimum absolute atomic E-state index is 0.549. The summed E-state index contributed by atoms with van der Waals surface area (Å²) < 4.78 is 5.15. The number of aromatic amines is 1. The van der Waals surface area contributed by atoms with Crippen LogP contribution in [0.15, 0.2) is 24.4 Å². The van der Waals surface area contributed by atoms with Crippen molar-refractivity contribution in [3.05, 3.63) is 40.3 Å². The lowest BCUT2D eigenvalue weighted by atomic mass is 10.3. The Morgan fingerprint density at radius 1 is 1.15 bits per heavy atom. The van der Waals surface area contributed by atoms with Crippen molar-refractivity contribution < 1.29 is 4.74 Å². The molecule has 26 heavy (non-hydrogen) atoms. The molecule has 0 saturated carbocycles. The van der Waals surface area contributed by atoms with Gasteiger partial charge in [-0.15, -0.1) is 0 Å². The van der Waals surface area contributed by atoms with Gasteiger partial charge in [-0.1, -0.05) is 23.2 Å². The van der Waals surface area contributed by atoms with Crippen molar-refractivity contribution in [3.8, 4) is 5.88 Å². The normalized spacial score (nSPS) is 15.6. The Balaban J connectivity index is 1.40. The van der Waals surface area contributed by atoms with Crippen LogP contribution >= 0.6 is 23.2 Å². The maximum atomic E-state index is 6.26. The van der Waals surface area contributed by atoms with Gasteiger partial charge in [-0.25, -0.2) is 9.97 Å². The van der Waals surface area contributed by atoms with Crippen molar-refractivity contribution in [1.82, 2.24) is 24.8 Å². The van der Waals surface area contributed by atoms with Gasteiger partial charge in [-0.2, -0.15) is 4.98 Å². The molecular formula is C17H18Cl2N6O. The average molecular weight is 393 g/mol. The predicted molar refractivity (Wildman–Crippen MR) is 102 cm³/mol. The number of halogens is 2. The number of anilines is 1. The summed E-state index contributed by atoms with van der Waals surface area (Å²) in [5.41, 5.74) is 1.59. The van der Waals surface area contributed by atoms with Gasteiger partial charge in [0.15, 0.2) is 5.65 Å². The van der Waals surface area contributed by atoms with Crippen LogP contribution in [0.25, 0.3) is 11.2 Å². The molecule has 0 amide bonds. The fourth-order valence-corrected chi connectivity index (χ4v) is 3.58. The number of hydrogen-bond donors (Lipinski definition) is 1. The van der Waals surface area contributed by atoms with Crippen LogP contribution in [0, 0.1) is 0 Å². The Morgan fingerprint density at radius 2 is 1.96 bits per heavy atom. The molecular weight excluding hydrogens is 375 g/mol. The van der Waals surface area contributed by atoms with Crippen LogP contribution in [0.3, 0.4) is 0 Å². The first-order valence-electron chi connectivity index (χ1n) is 8.30. The lowest BCUT2D eigenvalue weighted by molar-refractivity contribution is 0.244. The van der Waals surface area contributed by atoms with Crippen LogP contribution in [-0.2, 0) is 6.54 Å². The summed E-state index contributed by atoms with van der Waals surface area (Å²) in [5.74, 6) is 2.25. The van der Waals surface area contributed by atoms with Crippen LogP contribution in [0.4, 0.5) is 5.82 Å². The number of nitrogens with one attached hydrogen (secondary N) is 1. The molecule has 0 bridgehead atoms. The summed E-state index contributed by atoms with van der Waals surface area (Å²) in [5, 5.41) is 1.13. The number of aromatic nitrogens is 4. The number of pyridine rings is 2. The van der Waals surface area contributed by atoms with Gasteiger partial charge in [-0.05, 0) is 12.1 Å². The lowest BCUT2D eigenvalue weighted by Gasteiger charge is -2.35. The number of hydrogen-bond acceptors (Lipinski definition) is 6. The minimum atomic E-state index is 0.549. The molecule has 0 radical (unpaired) electrons. The molecule has 0 atom stereocenters. The lowest BCUT2D eigenvalue weighted by Crippen LogP contribution is -2.46. The molecule has 0 aliphatic carbocycles. The van der Waals surface area contributed by atoms with Crippen LogP contribution < -0.4 is 9.64 Å². The molecule has 4 heterocycles. The molecule has 4 rings (SSSR count). The number of methoxy groups -OCH3 is 1. The number of rotatable bonds is 4. The number of ether oxygens (including phenoxy) is 1. The first-order chi connectivity index (χ1) is 12.6. The SMILES string of the molecule is COc1ccc2[nH]c(CN3CCN(c4ncc(Cl)cc4Cl)CC3)nc2n1. The van der Waals surface area contributed by atoms with E-state index in [9.17, 15) is 0 Å². The topological polar surface area (TPSA) is 70.2 Å². The molecule has 7 nitrogen and oxygen atoms in total. The molecule has 0 unspecified atom stereocenters. The van der Waals surface area contributed by atoms with E-state index >= 15 is 0 Å². The molecule has 0 aromatic carbocycles. The molecule has 9 heteroatoms. The van der Waals surface area contributed by atoms with E-state index in [1.54, 1.807) is 19.4 Å². The fourth-order valence-electron chi connectivity index (χ4n) is 3.08. The average Bonchev–Trinajstić information content (AvgIpc) is 3.04. The summed E-state index contributed by atoms with van der Waals surface area (Å²) in [6.45, 7) is 4.23. The largest absolute Gasteiger partial charge is 0.481 e. The number of piperazine rings is 1. The smallest absolute Gasteiger partial charge is 0.215 e. The Bertz CT molecular complexity index is 923. The van der Waals surface area contributed by atoms with Gasteiger partial charge in [-0.3, -0.25) is 4.90 Å². The van der Waals surface area contributed by atoms with E-state index in [1.807, 2.05) is 12.1 Å². The summed E-state index contributed by atoms with van der Waals surface area (Å²) in [7, 11) is 1.60. The third-order valence-electron chi connectivity index (χ3n) is 4.41. The van der Waals surface area contributed by atoms with E-state index in [2.05, 4.69) is 29.7 Å². The van der Waals surface area contributed by atoms with Crippen LogP contribution in [0.5, 0.6) is 5.88 Å². The third-order valence-corrected chi connectivity index (χ3v) is 4.90. The highest BCUT2D eigenvalue weighted by atomic mass is 35.5. The Kier molecular flexibility index (Phi) is 4.84. The van der Waals surface area contributed by atoms with Crippen LogP contribution in [-0.4, -0.2) is 58.1 Å². The minimum Gasteiger partial charge on any atom is -0.481 e. The second-order valence-electron chi connectivity index (χ2n) is 6.13. The second-order valence-corrected chi connectivity index (χ2v) is 6.97. The molecule has 1 fully saturated rings. The summed E-state index contributed by atoms with van der Waals surface area (Å²) in [6, 6.07) is 5.49. The van der Waals surface area contributed by atoms with Crippen molar-refractivity contribution in [2.75, 3.05) is 38.2 Å². The van der Waals surface area contributed by atoms with E-state index in [1.165, 1.54) is 0 Å². The van der Waals surface area contributed by atoms with Crippen molar-refractivity contribution >= 4 is 40.2 Å². The highest BCUT2D eigenvalue weighted by Gasteiger charge is 2.21. The van der Waals surface area contributed by atoms with Gasteiger partial charge in [0, 0.05) is 38.4 Å². The van der Waals surface area contributed by atoms with Gasteiger partial charge in [0.25, 0.3) is 0 Å². The van der Waals surface area contributed by atoms with Crippen LogP contribution in [0.1, 0.15) is 5.82 Å². The molecule has 1 aliphatic heterocycles. The highest BCUT2D eigenvalue weighted by Crippen LogP contribution is 2.27. The predicted octanol–water partition coefficient (Wildman–Crippen LogP) is 2.99. The van der Waals surface area contributed by atoms with Gasteiger partial charge in [0.05, 0.1) is 29.2 Å².